The first-order valence-electron chi connectivity index (χ1n) is 8.78. The number of aromatic nitrogens is 2. The molecule has 1 N–H and O–H groups in total. The Bertz CT molecular complexity index is 872. The maximum Gasteiger partial charge on any atom is 0.337 e. The predicted molar refractivity (Wildman–Crippen MR) is 107 cm³/mol. The van der Waals surface area contributed by atoms with Gasteiger partial charge in [0.15, 0.2) is 0 Å². The summed E-state index contributed by atoms with van der Waals surface area (Å²) in [5, 5.41) is 7.71. The monoisotopic (exact) mass is 389 g/mol. The highest BCUT2D eigenvalue weighted by Crippen LogP contribution is 2.22. The molecule has 0 fully saturated rings. The number of hydrogen-bond acceptors (Lipinski definition) is 4. The number of aryl methyl sites for hydroxylation is 3. The molecule has 0 unspecified atom stereocenters. The molecule has 0 aliphatic carbocycles. The lowest BCUT2D eigenvalue weighted by atomic mass is 10.1. The topological polar surface area (TPSA) is 73.2 Å². The fourth-order valence-electron chi connectivity index (χ4n) is 2.55. The molecule has 0 aliphatic heterocycles. The van der Waals surface area contributed by atoms with Crippen molar-refractivity contribution >= 4 is 35.2 Å². The maximum absolute atomic E-state index is 12.3. The molecule has 0 aliphatic rings. The van der Waals surface area contributed by atoms with Crippen LogP contribution in [0, 0.1) is 13.8 Å². The molecule has 144 valence electrons. The van der Waals surface area contributed by atoms with Gasteiger partial charge in [-0.1, -0.05) is 31.0 Å². The second-order valence-corrected chi connectivity index (χ2v) is 6.57. The molecule has 1 amide bonds. The van der Waals surface area contributed by atoms with E-state index in [1.165, 1.54) is 13.2 Å². The van der Waals surface area contributed by atoms with Gasteiger partial charge < -0.3 is 10.1 Å². The summed E-state index contributed by atoms with van der Waals surface area (Å²) < 4.78 is 6.46. The second kappa shape index (κ2) is 9.37. The van der Waals surface area contributed by atoms with Crippen LogP contribution in [0.4, 0.5) is 5.69 Å². The number of benzene rings is 1. The summed E-state index contributed by atoms with van der Waals surface area (Å²) >= 11 is 6.37. The van der Waals surface area contributed by atoms with E-state index in [9.17, 15) is 9.59 Å². The van der Waals surface area contributed by atoms with E-state index < -0.39 is 5.97 Å². The third-order valence-corrected chi connectivity index (χ3v) is 4.55. The number of ether oxygens (including phenoxy) is 1. The van der Waals surface area contributed by atoms with Crippen molar-refractivity contribution in [3.05, 3.63) is 51.8 Å². The van der Waals surface area contributed by atoms with E-state index in [1.54, 1.807) is 29.0 Å². The van der Waals surface area contributed by atoms with Crippen molar-refractivity contribution in [3.8, 4) is 0 Å². The quantitative estimate of drug-likeness (QED) is 0.563. The van der Waals surface area contributed by atoms with Crippen molar-refractivity contribution < 1.29 is 14.3 Å². The van der Waals surface area contributed by atoms with Crippen molar-refractivity contribution in [2.45, 2.75) is 40.2 Å². The zero-order valence-electron chi connectivity index (χ0n) is 16.0. The number of amides is 1. The van der Waals surface area contributed by atoms with Gasteiger partial charge in [0, 0.05) is 23.9 Å². The SMILES string of the molecule is CCCCn1nc(C)c(/C=C/C(=O)Nc2cc(C(=O)OC)ccc2C)c1Cl. The van der Waals surface area contributed by atoms with Crippen LogP contribution in [-0.2, 0) is 16.1 Å². The Morgan fingerprint density at radius 3 is 2.74 bits per heavy atom. The highest BCUT2D eigenvalue weighted by molar-refractivity contribution is 6.31. The van der Waals surface area contributed by atoms with E-state index in [0.717, 1.165) is 36.2 Å². The molecule has 0 atom stereocenters. The van der Waals surface area contributed by atoms with Gasteiger partial charge in [0.2, 0.25) is 5.91 Å². The zero-order valence-corrected chi connectivity index (χ0v) is 16.8. The molecule has 0 spiro atoms. The van der Waals surface area contributed by atoms with E-state index in [1.807, 2.05) is 13.8 Å². The molecule has 0 radical (unpaired) electrons. The van der Waals surface area contributed by atoms with Gasteiger partial charge in [0.05, 0.1) is 18.4 Å². The fraction of sp³-hybridized carbons (Fsp3) is 0.350. The smallest absolute Gasteiger partial charge is 0.337 e. The maximum atomic E-state index is 12.3. The Morgan fingerprint density at radius 2 is 2.07 bits per heavy atom. The average Bonchev–Trinajstić information content (AvgIpc) is 2.92. The van der Waals surface area contributed by atoms with Gasteiger partial charge >= 0.3 is 5.97 Å². The normalized spacial score (nSPS) is 11.0. The number of anilines is 1. The van der Waals surface area contributed by atoms with Gasteiger partial charge in [-0.25, -0.2) is 4.79 Å². The number of carbonyl (C=O) groups is 2. The van der Waals surface area contributed by atoms with Crippen LogP contribution in [0.25, 0.3) is 6.08 Å². The first-order chi connectivity index (χ1) is 12.9. The minimum Gasteiger partial charge on any atom is -0.465 e. The number of halogens is 1. The average molecular weight is 390 g/mol. The molecule has 1 heterocycles. The predicted octanol–water partition coefficient (Wildman–Crippen LogP) is 4.39. The number of carbonyl (C=O) groups excluding carboxylic acids is 2. The largest absolute Gasteiger partial charge is 0.465 e. The minimum absolute atomic E-state index is 0.322. The number of hydrogen-bond donors (Lipinski definition) is 1. The number of methoxy groups -OCH3 is 1. The van der Waals surface area contributed by atoms with E-state index in [2.05, 4.69) is 17.3 Å². The van der Waals surface area contributed by atoms with Crippen LogP contribution < -0.4 is 5.32 Å². The van der Waals surface area contributed by atoms with Gasteiger partial charge in [-0.05, 0) is 44.0 Å². The van der Waals surface area contributed by atoms with Gasteiger partial charge in [-0.15, -0.1) is 0 Å². The van der Waals surface area contributed by atoms with Crippen molar-refractivity contribution in [2.75, 3.05) is 12.4 Å². The first-order valence-corrected chi connectivity index (χ1v) is 9.16. The Morgan fingerprint density at radius 1 is 1.33 bits per heavy atom. The Balaban J connectivity index is 2.14. The lowest BCUT2D eigenvalue weighted by molar-refractivity contribution is -0.111. The molecule has 2 aromatic rings. The van der Waals surface area contributed by atoms with Crippen LogP contribution in [0.1, 0.15) is 46.9 Å². The molecule has 27 heavy (non-hydrogen) atoms. The third-order valence-electron chi connectivity index (χ3n) is 4.15. The number of esters is 1. The van der Waals surface area contributed by atoms with E-state index in [0.29, 0.717) is 16.4 Å². The number of rotatable bonds is 7. The Hall–Kier alpha value is -2.60. The van der Waals surface area contributed by atoms with Crippen LogP contribution in [0.5, 0.6) is 0 Å². The molecule has 6 nitrogen and oxygen atoms in total. The minimum atomic E-state index is -0.456. The first kappa shape index (κ1) is 20.7. The summed E-state index contributed by atoms with van der Waals surface area (Å²) in [6, 6.07) is 5.00. The van der Waals surface area contributed by atoms with Crippen molar-refractivity contribution in [1.29, 1.82) is 0 Å². The summed E-state index contributed by atoms with van der Waals surface area (Å²) in [6.07, 6.45) is 5.10. The number of unbranched alkanes of at least 4 members (excludes halogenated alkanes) is 1. The van der Waals surface area contributed by atoms with Crippen LogP contribution in [0.15, 0.2) is 24.3 Å². The molecule has 0 saturated heterocycles. The molecule has 0 saturated carbocycles. The fourth-order valence-corrected chi connectivity index (χ4v) is 2.87. The number of nitrogens with one attached hydrogen (secondary N) is 1. The zero-order chi connectivity index (χ0) is 20.0. The molecular weight excluding hydrogens is 366 g/mol. The summed E-state index contributed by atoms with van der Waals surface area (Å²) in [5.41, 5.74) is 3.26. The van der Waals surface area contributed by atoms with Crippen LogP contribution in [-0.4, -0.2) is 28.8 Å². The highest BCUT2D eigenvalue weighted by atomic mass is 35.5. The third kappa shape index (κ3) is 5.20. The van der Waals surface area contributed by atoms with Gasteiger partial charge in [0.1, 0.15) is 5.15 Å². The van der Waals surface area contributed by atoms with E-state index in [4.69, 9.17) is 16.3 Å². The summed E-state index contributed by atoms with van der Waals surface area (Å²) in [5.74, 6) is -0.778. The summed E-state index contributed by atoms with van der Waals surface area (Å²) in [4.78, 5) is 24.0. The van der Waals surface area contributed by atoms with Gasteiger partial charge in [-0.2, -0.15) is 5.10 Å². The molecule has 1 aromatic carbocycles. The van der Waals surface area contributed by atoms with Crippen molar-refractivity contribution in [1.82, 2.24) is 9.78 Å². The molecule has 2 rings (SSSR count). The molecule has 1 aromatic heterocycles. The second-order valence-electron chi connectivity index (χ2n) is 6.21. The van der Waals surface area contributed by atoms with Crippen LogP contribution >= 0.6 is 11.6 Å². The van der Waals surface area contributed by atoms with Gasteiger partial charge in [-0.3, -0.25) is 9.48 Å². The van der Waals surface area contributed by atoms with Crippen molar-refractivity contribution in [2.24, 2.45) is 0 Å². The lowest BCUT2D eigenvalue weighted by Crippen LogP contribution is -2.10. The Kier molecular flexibility index (Phi) is 7.19. The molecular formula is C20H24ClN3O3. The van der Waals surface area contributed by atoms with Crippen molar-refractivity contribution in [3.63, 3.8) is 0 Å². The van der Waals surface area contributed by atoms with E-state index in [-0.39, 0.29) is 5.91 Å². The summed E-state index contributed by atoms with van der Waals surface area (Å²) in [6.45, 7) is 6.55. The van der Waals surface area contributed by atoms with Gasteiger partial charge in [0.25, 0.3) is 0 Å². The van der Waals surface area contributed by atoms with Crippen LogP contribution in [0.3, 0.4) is 0 Å². The molecule has 7 heteroatoms. The Labute approximate surface area is 164 Å². The standard InChI is InChI=1S/C20H24ClN3O3/c1-5-6-11-24-19(21)16(14(3)23-24)9-10-18(25)22-17-12-15(20(26)27-4)8-7-13(17)2/h7-10,12H,5-6,11H2,1-4H3,(H,22,25)/b10-9+. The van der Waals surface area contributed by atoms with Crippen LogP contribution in [0.2, 0.25) is 5.15 Å². The lowest BCUT2D eigenvalue weighted by Gasteiger charge is -2.08. The van der Waals surface area contributed by atoms with E-state index >= 15 is 0 Å². The summed E-state index contributed by atoms with van der Waals surface area (Å²) in [7, 11) is 1.32. The molecule has 0 bridgehead atoms. The highest BCUT2D eigenvalue weighted by Gasteiger charge is 2.12. The number of nitrogens with zero attached hydrogens (tertiary/aromatic N) is 2.